The molecular weight excluding hydrogens is 262 g/mol. The summed E-state index contributed by atoms with van der Waals surface area (Å²) in [5.74, 6) is -0.180. The molecule has 0 radical (unpaired) electrons. The van der Waals surface area contributed by atoms with Gasteiger partial charge in [-0.15, -0.1) is 0 Å². The molecule has 0 bridgehead atoms. The van der Waals surface area contributed by atoms with Gasteiger partial charge in [-0.3, -0.25) is 4.79 Å². The number of alkyl halides is 2. The number of nitrogens with two attached hydrogens (primary N) is 1. The summed E-state index contributed by atoms with van der Waals surface area (Å²) in [5, 5.41) is 8.84. The Morgan fingerprint density at radius 3 is 2.50 bits per heavy atom. The smallest absolute Gasteiger partial charge is 0.255 e. The summed E-state index contributed by atoms with van der Waals surface area (Å²) >= 11 is 4.91. The molecule has 7 heteroatoms. The lowest BCUT2D eigenvalue weighted by molar-refractivity contribution is -0.146. The van der Waals surface area contributed by atoms with Crippen LogP contribution in [0.15, 0.2) is 0 Å². The Balaban J connectivity index is 2.83. The van der Waals surface area contributed by atoms with E-state index >= 15 is 0 Å². The first-order valence-electron chi connectivity index (χ1n) is 5.81. The molecule has 1 amide bonds. The molecule has 0 aromatic rings. The van der Waals surface area contributed by atoms with E-state index in [1.807, 2.05) is 6.92 Å². The van der Waals surface area contributed by atoms with Crippen molar-refractivity contribution in [3.05, 3.63) is 0 Å². The monoisotopic (exact) mass is 280 g/mol. The zero-order chi connectivity index (χ0) is 13.9. The minimum absolute atomic E-state index is 0.0582. The summed E-state index contributed by atoms with van der Waals surface area (Å²) < 4.78 is 24.8. The average Bonchev–Trinajstić information content (AvgIpc) is 2.22. The van der Waals surface area contributed by atoms with Crippen LogP contribution in [0.1, 0.15) is 19.8 Å². The van der Waals surface area contributed by atoms with Crippen LogP contribution in [0.4, 0.5) is 8.78 Å². The van der Waals surface area contributed by atoms with Crippen LogP contribution in [0.5, 0.6) is 0 Å². The van der Waals surface area contributed by atoms with Crippen LogP contribution in [-0.4, -0.2) is 47.0 Å². The van der Waals surface area contributed by atoms with Gasteiger partial charge in [-0.25, -0.2) is 8.78 Å². The Morgan fingerprint density at radius 2 is 2.17 bits per heavy atom. The maximum atomic E-state index is 12.4. The Labute approximate surface area is 110 Å². The summed E-state index contributed by atoms with van der Waals surface area (Å²) in [4.78, 5) is 13.3. The van der Waals surface area contributed by atoms with Crippen LogP contribution in [0, 0.1) is 11.3 Å². The van der Waals surface area contributed by atoms with Gasteiger partial charge in [-0.2, -0.15) is 0 Å². The molecule has 18 heavy (non-hydrogen) atoms. The minimum atomic E-state index is -2.64. The molecule has 0 aliphatic heterocycles. The third-order valence-corrected chi connectivity index (χ3v) is 3.68. The topological polar surface area (TPSA) is 66.6 Å². The van der Waals surface area contributed by atoms with Crippen molar-refractivity contribution in [3.8, 4) is 0 Å². The Bertz CT molecular complexity index is 333. The maximum absolute atomic E-state index is 12.4. The average molecular weight is 280 g/mol. The number of hydrogen-bond donors (Lipinski definition) is 2. The highest BCUT2D eigenvalue weighted by Crippen LogP contribution is 2.47. The number of carbonyl (C=O) groups excluding carboxylic acids is 1. The van der Waals surface area contributed by atoms with Gasteiger partial charge in [-0.1, -0.05) is 19.1 Å². The normalized spacial score (nSPS) is 26.8. The van der Waals surface area contributed by atoms with Crippen molar-refractivity contribution in [1.29, 1.82) is 0 Å². The maximum Gasteiger partial charge on any atom is 0.255 e. The SMILES string of the molecule is CC1CC(C(=O)N(CCO)CC(F)F)(C(N)=S)C1. The first kappa shape index (κ1) is 15.2. The largest absolute Gasteiger partial charge is 0.395 e. The highest BCUT2D eigenvalue weighted by Gasteiger charge is 2.52. The fraction of sp³-hybridized carbons (Fsp3) is 0.818. The molecule has 0 atom stereocenters. The zero-order valence-corrected chi connectivity index (χ0v) is 11.1. The third kappa shape index (κ3) is 2.95. The summed E-state index contributed by atoms with van der Waals surface area (Å²) in [7, 11) is 0. The van der Waals surface area contributed by atoms with E-state index < -0.39 is 24.3 Å². The molecule has 0 aromatic heterocycles. The van der Waals surface area contributed by atoms with Crippen LogP contribution < -0.4 is 5.73 Å². The number of halogens is 2. The molecule has 0 unspecified atom stereocenters. The highest BCUT2D eigenvalue weighted by atomic mass is 32.1. The summed E-state index contributed by atoms with van der Waals surface area (Å²) in [6, 6.07) is 0. The van der Waals surface area contributed by atoms with Crippen molar-refractivity contribution in [1.82, 2.24) is 4.90 Å². The molecule has 0 spiro atoms. The van der Waals surface area contributed by atoms with Crippen molar-refractivity contribution in [2.45, 2.75) is 26.2 Å². The number of aliphatic hydroxyl groups excluding tert-OH is 1. The lowest BCUT2D eigenvalue weighted by Crippen LogP contribution is -2.58. The molecule has 1 saturated carbocycles. The number of nitrogens with zero attached hydrogens (tertiary/aromatic N) is 1. The van der Waals surface area contributed by atoms with Gasteiger partial charge in [0.1, 0.15) is 0 Å². The van der Waals surface area contributed by atoms with Crippen LogP contribution in [0.25, 0.3) is 0 Å². The molecule has 1 aliphatic rings. The lowest BCUT2D eigenvalue weighted by atomic mass is 9.61. The molecule has 1 aliphatic carbocycles. The van der Waals surface area contributed by atoms with Gasteiger partial charge in [0, 0.05) is 6.54 Å². The standard InChI is InChI=1S/C11H18F2N2O2S/c1-7-4-11(5-7,9(14)18)10(17)15(2-3-16)6-8(12)13/h7-8,16H,2-6H2,1H3,(H2,14,18). The fourth-order valence-electron chi connectivity index (χ4n) is 2.48. The van der Waals surface area contributed by atoms with E-state index in [0.717, 1.165) is 4.90 Å². The summed E-state index contributed by atoms with van der Waals surface area (Å²) in [6.07, 6.45) is -1.65. The Kier molecular flexibility index (Phi) is 4.98. The van der Waals surface area contributed by atoms with E-state index in [4.69, 9.17) is 23.1 Å². The second-order valence-corrected chi connectivity index (χ2v) is 5.27. The number of carbonyl (C=O) groups is 1. The zero-order valence-electron chi connectivity index (χ0n) is 10.2. The second kappa shape index (κ2) is 5.88. The van der Waals surface area contributed by atoms with Crippen LogP contribution in [0.2, 0.25) is 0 Å². The van der Waals surface area contributed by atoms with E-state index in [2.05, 4.69) is 0 Å². The van der Waals surface area contributed by atoms with Gasteiger partial charge in [0.25, 0.3) is 6.43 Å². The van der Waals surface area contributed by atoms with Gasteiger partial charge < -0.3 is 15.7 Å². The Morgan fingerprint density at radius 1 is 1.61 bits per heavy atom. The van der Waals surface area contributed by atoms with Crippen molar-refractivity contribution >= 4 is 23.1 Å². The molecule has 1 fully saturated rings. The predicted octanol–water partition coefficient (Wildman–Crippen LogP) is 0.775. The summed E-state index contributed by atoms with van der Waals surface area (Å²) in [5.41, 5.74) is 4.61. The quantitative estimate of drug-likeness (QED) is 0.706. The number of aliphatic hydroxyl groups is 1. The summed E-state index contributed by atoms with van der Waals surface area (Å²) in [6.45, 7) is 0.773. The molecule has 1 rings (SSSR count). The van der Waals surface area contributed by atoms with Gasteiger partial charge in [0.2, 0.25) is 5.91 Å². The van der Waals surface area contributed by atoms with Crippen molar-refractivity contribution in [3.63, 3.8) is 0 Å². The Hall–Kier alpha value is -0.820. The number of hydrogen-bond acceptors (Lipinski definition) is 3. The lowest BCUT2D eigenvalue weighted by Gasteiger charge is -2.46. The molecular formula is C11H18F2N2O2S. The number of thiocarbonyl (C=S) groups is 1. The molecule has 104 valence electrons. The number of rotatable bonds is 6. The second-order valence-electron chi connectivity index (χ2n) is 4.83. The first-order chi connectivity index (χ1) is 8.33. The molecule has 4 nitrogen and oxygen atoms in total. The highest BCUT2D eigenvalue weighted by molar-refractivity contribution is 7.80. The molecule has 3 N–H and O–H groups in total. The van der Waals surface area contributed by atoms with E-state index in [1.165, 1.54) is 0 Å². The van der Waals surface area contributed by atoms with Crippen molar-refractivity contribution in [2.24, 2.45) is 17.1 Å². The molecule has 0 heterocycles. The molecule has 0 saturated heterocycles. The first-order valence-corrected chi connectivity index (χ1v) is 6.22. The van der Waals surface area contributed by atoms with Gasteiger partial charge in [-0.05, 0) is 18.8 Å². The van der Waals surface area contributed by atoms with Crippen molar-refractivity contribution in [2.75, 3.05) is 19.7 Å². The number of amides is 1. The van der Waals surface area contributed by atoms with E-state index in [-0.39, 0.29) is 18.1 Å². The fourth-order valence-corrected chi connectivity index (χ4v) is 2.73. The van der Waals surface area contributed by atoms with Gasteiger partial charge in [0.05, 0.1) is 23.6 Å². The van der Waals surface area contributed by atoms with Gasteiger partial charge >= 0.3 is 0 Å². The minimum Gasteiger partial charge on any atom is -0.395 e. The van der Waals surface area contributed by atoms with E-state index in [0.29, 0.717) is 18.8 Å². The van der Waals surface area contributed by atoms with E-state index in [9.17, 15) is 13.6 Å². The van der Waals surface area contributed by atoms with Crippen LogP contribution >= 0.6 is 12.2 Å². The van der Waals surface area contributed by atoms with E-state index in [1.54, 1.807) is 0 Å². The van der Waals surface area contributed by atoms with Crippen LogP contribution in [-0.2, 0) is 4.79 Å². The molecule has 0 aromatic carbocycles. The van der Waals surface area contributed by atoms with Crippen LogP contribution in [0.3, 0.4) is 0 Å². The predicted molar refractivity (Wildman–Crippen MR) is 67.3 cm³/mol. The van der Waals surface area contributed by atoms with Crippen molar-refractivity contribution < 1.29 is 18.7 Å². The van der Waals surface area contributed by atoms with Gasteiger partial charge in [0.15, 0.2) is 0 Å². The third-order valence-electron chi connectivity index (χ3n) is 3.29.